The van der Waals surface area contributed by atoms with Gasteiger partial charge in [-0.05, 0) is 44.0 Å². The van der Waals surface area contributed by atoms with Crippen molar-refractivity contribution in [3.05, 3.63) is 44.6 Å². The van der Waals surface area contributed by atoms with E-state index in [2.05, 4.69) is 21.0 Å². The zero-order valence-electron chi connectivity index (χ0n) is 12.1. The van der Waals surface area contributed by atoms with Crippen molar-refractivity contribution in [2.75, 3.05) is 6.61 Å². The number of carbonyl (C=O) groups is 1. The second-order valence-electron chi connectivity index (χ2n) is 4.67. The van der Waals surface area contributed by atoms with Crippen LogP contribution in [0.4, 0.5) is 0 Å². The van der Waals surface area contributed by atoms with Crippen LogP contribution in [0.2, 0.25) is 5.02 Å². The Bertz CT molecular complexity index is 683. The fourth-order valence-corrected chi connectivity index (χ4v) is 2.95. The van der Waals surface area contributed by atoms with Crippen LogP contribution in [0, 0.1) is 13.8 Å². The van der Waals surface area contributed by atoms with E-state index in [0.717, 1.165) is 27.8 Å². The zero-order valence-corrected chi connectivity index (χ0v) is 14.5. The van der Waals surface area contributed by atoms with Gasteiger partial charge in [0.25, 0.3) is 5.91 Å². The lowest BCUT2D eigenvalue weighted by molar-refractivity contribution is 0.0818. The molecule has 0 aliphatic carbocycles. The van der Waals surface area contributed by atoms with Gasteiger partial charge in [-0.25, -0.2) is 4.68 Å². The number of hydrogen-bond donors (Lipinski definition) is 0. The maximum Gasteiger partial charge on any atom is 0.284 e. The third-order valence-corrected chi connectivity index (χ3v) is 4.06. The smallest absolute Gasteiger partial charge is 0.284 e. The number of aryl methyl sites for hydroxylation is 1. The van der Waals surface area contributed by atoms with E-state index >= 15 is 0 Å². The lowest BCUT2D eigenvalue weighted by Gasteiger charge is -2.08. The second-order valence-corrected chi connectivity index (χ2v) is 5.99. The Labute approximate surface area is 137 Å². The van der Waals surface area contributed by atoms with Gasteiger partial charge in [-0.15, -0.1) is 0 Å². The number of hydrogen-bond acceptors (Lipinski definition) is 3. The molecule has 0 saturated carbocycles. The predicted molar refractivity (Wildman–Crippen MR) is 86.4 cm³/mol. The van der Waals surface area contributed by atoms with Crippen molar-refractivity contribution in [1.82, 2.24) is 9.78 Å². The molecule has 1 aromatic heterocycles. The molecule has 4 nitrogen and oxygen atoms in total. The van der Waals surface area contributed by atoms with Gasteiger partial charge in [0, 0.05) is 10.2 Å². The molecule has 0 bridgehead atoms. The Kier molecular flexibility index (Phi) is 5.06. The Balaban J connectivity index is 2.12. The molecule has 6 heteroatoms. The number of benzene rings is 1. The molecule has 2 rings (SSSR count). The van der Waals surface area contributed by atoms with Gasteiger partial charge in [0.1, 0.15) is 5.75 Å². The van der Waals surface area contributed by atoms with Crippen LogP contribution < -0.4 is 4.74 Å². The minimum atomic E-state index is -0.214. The first-order valence-electron chi connectivity index (χ1n) is 6.60. The summed E-state index contributed by atoms with van der Waals surface area (Å²) in [5, 5.41) is 4.73. The van der Waals surface area contributed by atoms with Crippen LogP contribution in [0.25, 0.3) is 0 Å². The highest BCUT2D eigenvalue weighted by molar-refractivity contribution is 9.10. The summed E-state index contributed by atoms with van der Waals surface area (Å²) in [5.74, 6) is 0.264. The van der Waals surface area contributed by atoms with Crippen LogP contribution >= 0.6 is 27.5 Å². The SMILES string of the molecule is CCc1c(C)nn(C(=O)COc2ccc(Br)cc2Cl)c1C. The summed E-state index contributed by atoms with van der Waals surface area (Å²) < 4.78 is 7.74. The molecule has 0 saturated heterocycles. The van der Waals surface area contributed by atoms with E-state index in [9.17, 15) is 4.79 Å². The predicted octanol–water partition coefficient (Wildman–Crippen LogP) is 4.20. The van der Waals surface area contributed by atoms with Crippen LogP contribution in [-0.4, -0.2) is 22.3 Å². The van der Waals surface area contributed by atoms with Crippen molar-refractivity contribution in [3.63, 3.8) is 0 Å². The van der Waals surface area contributed by atoms with Crippen LogP contribution in [0.3, 0.4) is 0 Å². The molecule has 2 aromatic rings. The van der Waals surface area contributed by atoms with Crippen LogP contribution in [0.5, 0.6) is 5.75 Å². The molecule has 0 atom stereocenters. The third kappa shape index (κ3) is 3.47. The lowest BCUT2D eigenvalue weighted by atomic mass is 10.1. The summed E-state index contributed by atoms with van der Waals surface area (Å²) in [6.07, 6.45) is 0.852. The quantitative estimate of drug-likeness (QED) is 0.809. The zero-order chi connectivity index (χ0) is 15.6. The van der Waals surface area contributed by atoms with Crippen molar-refractivity contribution < 1.29 is 9.53 Å². The summed E-state index contributed by atoms with van der Waals surface area (Å²) in [6.45, 7) is 5.74. The van der Waals surface area contributed by atoms with Crippen molar-refractivity contribution in [3.8, 4) is 5.75 Å². The molecule has 0 radical (unpaired) electrons. The molecular formula is C15H16BrClN2O2. The number of nitrogens with zero attached hydrogens (tertiary/aromatic N) is 2. The Morgan fingerprint density at radius 3 is 2.71 bits per heavy atom. The molecule has 0 aliphatic heterocycles. The van der Waals surface area contributed by atoms with Crippen molar-refractivity contribution in [2.24, 2.45) is 0 Å². The molecule has 0 aliphatic rings. The summed E-state index contributed by atoms with van der Waals surface area (Å²) >= 11 is 9.37. The maximum atomic E-state index is 12.2. The van der Waals surface area contributed by atoms with Gasteiger partial charge in [0.15, 0.2) is 6.61 Å². The largest absolute Gasteiger partial charge is 0.482 e. The Morgan fingerprint density at radius 2 is 2.14 bits per heavy atom. The first-order valence-corrected chi connectivity index (χ1v) is 7.77. The number of aromatic nitrogens is 2. The van der Waals surface area contributed by atoms with Crippen LogP contribution in [-0.2, 0) is 6.42 Å². The maximum absolute atomic E-state index is 12.2. The van der Waals surface area contributed by atoms with Gasteiger partial charge in [0.05, 0.1) is 10.7 Å². The first-order chi connectivity index (χ1) is 9.93. The molecule has 0 amide bonds. The molecule has 0 fully saturated rings. The average molecular weight is 372 g/mol. The van der Waals surface area contributed by atoms with Gasteiger partial charge in [-0.2, -0.15) is 5.10 Å². The summed E-state index contributed by atoms with van der Waals surface area (Å²) in [7, 11) is 0. The average Bonchev–Trinajstić information content (AvgIpc) is 2.72. The Hall–Kier alpha value is -1.33. The molecular weight excluding hydrogens is 356 g/mol. The van der Waals surface area contributed by atoms with Crippen LogP contribution in [0.1, 0.15) is 28.7 Å². The van der Waals surface area contributed by atoms with Crippen molar-refractivity contribution in [1.29, 1.82) is 0 Å². The molecule has 112 valence electrons. The van der Waals surface area contributed by atoms with Gasteiger partial charge in [0.2, 0.25) is 0 Å². The molecule has 1 heterocycles. The lowest BCUT2D eigenvalue weighted by Crippen LogP contribution is -2.21. The summed E-state index contributed by atoms with van der Waals surface area (Å²) in [4.78, 5) is 12.2. The third-order valence-electron chi connectivity index (χ3n) is 3.28. The molecule has 0 N–H and O–H groups in total. The van der Waals surface area contributed by atoms with Gasteiger partial charge in [-0.1, -0.05) is 34.5 Å². The standard InChI is InChI=1S/C15H16BrClN2O2/c1-4-12-9(2)18-19(10(12)3)15(20)8-21-14-6-5-11(16)7-13(14)17/h5-7H,4,8H2,1-3H3. The van der Waals surface area contributed by atoms with Gasteiger partial charge < -0.3 is 4.74 Å². The minimum absolute atomic E-state index is 0.105. The summed E-state index contributed by atoms with van der Waals surface area (Å²) in [6, 6.07) is 5.25. The number of carbonyl (C=O) groups excluding carboxylic acids is 1. The van der Waals surface area contributed by atoms with E-state index in [1.807, 2.05) is 26.8 Å². The van der Waals surface area contributed by atoms with Crippen molar-refractivity contribution in [2.45, 2.75) is 27.2 Å². The topological polar surface area (TPSA) is 44.1 Å². The van der Waals surface area contributed by atoms with Crippen molar-refractivity contribution >= 4 is 33.4 Å². The molecule has 0 spiro atoms. The normalized spacial score (nSPS) is 10.7. The highest BCUT2D eigenvalue weighted by Gasteiger charge is 2.16. The van der Waals surface area contributed by atoms with E-state index in [1.165, 1.54) is 4.68 Å². The highest BCUT2D eigenvalue weighted by Crippen LogP contribution is 2.27. The number of ether oxygens (including phenoxy) is 1. The number of halogens is 2. The summed E-state index contributed by atoms with van der Waals surface area (Å²) in [5.41, 5.74) is 2.85. The van der Waals surface area contributed by atoms with Gasteiger partial charge >= 0.3 is 0 Å². The molecule has 1 aromatic carbocycles. The second kappa shape index (κ2) is 6.62. The highest BCUT2D eigenvalue weighted by atomic mass is 79.9. The van der Waals surface area contributed by atoms with E-state index in [-0.39, 0.29) is 12.5 Å². The van der Waals surface area contributed by atoms with E-state index < -0.39 is 0 Å². The van der Waals surface area contributed by atoms with E-state index in [4.69, 9.17) is 16.3 Å². The van der Waals surface area contributed by atoms with E-state index in [1.54, 1.807) is 12.1 Å². The van der Waals surface area contributed by atoms with Gasteiger partial charge in [-0.3, -0.25) is 4.79 Å². The minimum Gasteiger partial charge on any atom is -0.482 e. The fourth-order valence-electron chi connectivity index (χ4n) is 2.22. The molecule has 21 heavy (non-hydrogen) atoms. The number of rotatable bonds is 4. The molecule has 0 unspecified atom stereocenters. The Morgan fingerprint density at radius 1 is 1.43 bits per heavy atom. The first kappa shape index (κ1) is 16.0. The monoisotopic (exact) mass is 370 g/mol. The van der Waals surface area contributed by atoms with E-state index in [0.29, 0.717) is 10.8 Å². The van der Waals surface area contributed by atoms with Crippen LogP contribution in [0.15, 0.2) is 22.7 Å². The fraction of sp³-hybridized carbons (Fsp3) is 0.333.